The van der Waals surface area contributed by atoms with E-state index in [0.29, 0.717) is 13.1 Å². The zero-order valence-corrected chi connectivity index (χ0v) is 17.8. The third-order valence-corrected chi connectivity index (χ3v) is 6.14. The standard InChI is InChI=1S/C25H30N2O3/c1-18-8-3-6-13-23(18)24-15-22(30-26-24)17-27(25(28)20-10-4-5-11-20)16-19-9-7-12-21(14-19)29-2/h3,6-9,12-14,20,22H,4-5,10-11,15-17H2,1-2H3/t22-/m1/s1. The molecule has 0 spiro atoms. The highest BCUT2D eigenvalue weighted by Crippen LogP contribution is 2.28. The van der Waals surface area contributed by atoms with Crippen molar-refractivity contribution in [2.45, 2.75) is 51.7 Å². The van der Waals surface area contributed by atoms with E-state index in [4.69, 9.17) is 9.57 Å². The molecule has 0 N–H and O–H groups in total. The molecule has 1 fully saturated rings. The molecule has 1 heterocycles. The van der Waals surface area contributed by atoms with Crippen LogP contribution in [0.2, 0.25) is 0 Å². The van der Waals surface area contributed by atoms with Crippen LogP contribution in [-0.2, 0) is 16.2 Å². The van der Waals surface area contributed by atoms with Gasteiger partial charge >= 0.3 is 0 Å². The summed E-state index contributed by atoms with van der Waals surface area (Å²) in [5.74, 6) is 1.18. The maximum Gasteiger partial charge on any atom is 0.226 e. The lowest BCUT2D eigenvalue weighted by Crippen LogP contribution is -2.40. The van der Waals surface area contributed by atoms with Crippen LogP contribution in [0.4, 0.5) is 0 Å². The third kappa shape index (κ3) is 4.66. The second kappa shape index (κ2) is 9.33. The molecular formula is C25H30N2O3. The first kappa shape index (κ1) is 20.5. The Morgan fingerprint density at radius 2 is 1.97 bits per heavy atom. The van der Waals surface area contributed by atoms with Gasteiger partial charge in [0.05, 0.1) is 19.4 Å². The minimum Gasteiger partial charge on any atom is -0.497 e. The normalized spacial score (nSPS) is 18.7. The monoisotopic (exact) mass is 406 g/mol. The van der Waals surface area contributed by atoms with Gasteiger partial charge in [-0.1, -0.05) is 54.4 Å². The number of amides is 1. The fraction of sp³-hybridized carbons (Fsp3) is 0.440. The predicted molar refractivity (Wildman–Crippen MR) is 118 cm³/mol. The highest BCUT2D eigenvalue weighted by Gasteiger charge is 2.31. The highest BCUT2D eigenvalue weighted by atomic mass is 16.6. The van der Waals surface area contributed by atoms with Crippen molar-refractivity contribution in [3.63, 3.8) is 0 Å². The fourth-order valence-electron chi connectivity index (χ4n) is 4.48. The third-order valence-electron chi connectivity index (χ3n) is 6.14. The summed E-state index contributed by atoms with van der Waals surface area (Å²) < 4.78 is 5.36. The molecule has 30 heavy (non-hydrogen) atoms. The van der Waals surface area contributed by atoms with Crippen molar-refractivity contribution in [1.82, 2.24) is 4.90 Å². The van der Waals surface area contributed by atoms with Crippen LogP contribution in [0.5, 0.6) is 5.75 Å². The molecule has 5 nitrogen and oxygen atoms in total. The van der Waals surface area contributed by atoms with Crippen molar-refractivity contribution >= 4 is 11.6 Å². The van der Waals surface area contributed by atoms with Crippen molar-refractivity contribution in [3.8, 4) is 5.75 Å². The molecule has 1 aliphatic heterocycles. The van der Waals surface area contributed by atoms with Gasteiger partial charge in [0.2, 0.25) is 5.91 Å². The summed E-state index contributed by atoms with van der Waals surface area (Å²) in [5, 5.41) is 4.35. The van der Waals surface area contributed by atoms with Gasteiger partial charge < -0.3 is 14.5 Å². The maximum absolute atomic E-state index is 13.3. The first-order valence-electron chi connectivity index (χ1n) is 10.8. The van der Waals surface area contributed by atoms with Crippen molar-refractivity contribution in [2.75, 3.05) is 13.7 Å². The van der Waals surface area contributed by atoms with E-state index in [2.05, 4.69) is 24.2 Å². The van der Waals surface area contributed by atoms with E-state index in [-0.39, 0.29) is 17.9 Å². The molecule has 4 rings (SSSR count). The molecule has 2 aliphatic rings. The average Bonchev–Trinajstić information content (AvgIpc) is 3.46. The quantitative estimate of drug-likeness (QED) is 0.669. The van der Waals surface area contributed by atoms with Crippen molar-refractivity contribution in [3.05, 3.63) is 65.2 Å². The molecule has 0 unspecified atom stereocenters. The van der Waals surface area contributed by atoms with E-state index < -0.39 is 0 Å². The van der Waals surface area contributed by atoms with E-state index in [1.165, 1.54) is 5.56 Å². The molecule has 2 aromatic carbocycles. The van der Waals surface area contributed by atoms with Gasteiger partial charge in [-0.25, -0.2) is 0 Å². The van der Waals surface area contributed by atoms with Gasteiger partial charge in [-0.15, -0.1) is 0 Å². The van der Waals surface area contributed by atoms with Crippen LogP contribution in [0.1, 0.15) is 48.8 Å². The van der Waals surface area contributed by atoms with Crippen LogP contribution in [0, 0.1) is 12.8 Å². The number of hydrogen-bond donors (Lipinski definition) is 0. The van der Waals surface area contributed by atoms with Crippen LogP contribution >= 0.6 is 0 Å². The molecule has 1 saturated carbocycles. The summed E-state index contributed by atoms with van der Waals surface area (Å²) >= 11 is 0. The van der Waals surface area contributed by atoms with Crippen molar-refractivity contribution in [2.24, 2.45) is 11.1 Å². The van der Waals surface area contributed by atoms with Crippen LogP contribution in [0.15, 0.2) is 53.7 Å². The largest absolute Gasteiger partial charge is 0.497 e. The van der Waals surface area contributed by atoms with Crippen molar-refractivity contribution in [1.29, 1.82) is 0 Å². The lowest BCUT2D eigenvalue weighted by Gasteiger charge is -2.27. The van der Waals surface area contributed by atoms with Gasteiger partial charge in [0.1, 0.15) is 5.75 Å². The SMILES string of the molecule is COc1cccc(CN(C[C@H]2CC(c3ccccc3C)=NO2)C(=O)C2CCCC2)c1. The molecule has 0 bridgehead atoms. The van der Waals surface area contributed by atoms with Crippen LogP contribution in [-0.4, -0.2) is 36.3 Å². The summed E-state index contributed by atoms with van der Waals surface area (Å²) in [6.07, 6.45) is 4.87. The van der Waals surface area contributed by atoms with Gasteiger partial charge in [-0.05, 0) is 43.0 Å². The molecule has 1 amide bonds. The second-order valence-electron chi connectivity index (χ2n) is 8.34. The summed E-state index contributed by atoms with van der Waals surface area (Å²) in [7, 11) is 1.66. The molecule has 5 heteroatoms. The number of oxime groups is 1. The number of benzene rings is 2. The molecule has 0 radical (unpaired) electrons. The number of ether oxygens (including phenoxy) is 1. The second-order valence-corrected chi connectivity index (χ2v) is 8.34. The van der Waals surface area contributed by atoms with E-state index in [1.807, 2.05) is 41.3 Å². The zero-order valence-electron chi connectivity index (χ0n) is 17.8. The Hall–Kier alpha value is -2.82. The lowest BCUT2D eigenvalue weighted by atomic mass is 9.99. The summed E-state index contributed by atoms with van der Waals surface area (Å²) in [4.78, 5) is 21.0. The molecule has 0 saturated heterocycles. The van der Waals surface area contributed by atoms with Crippen LogP contribution in [0.3, 0.4) is 0 Å². The number of carbonyl (C=O) groups excluding carboxylic acids is 1. The van der Waals surface area contributed by atoms with Crippen molar-refractivity contribution < 1.29 is 14.4 Å². The molecule has 0 aromatic heterocycles. The van der Waals surface area contributed by atoms with Crippen LogP contribution in [0.25, 0.3) is 0 Å². The highest BCUT2D eigenvalue weighted by molar-refractivity contribution is 6.02. The minimum absolute atomic E-state index is 0.115. The Kier molecular flexibility index (Phi) is 6.36. The summed E-state index contributed by atoms with van der Waals surface area (Å²) in [6, 6.07) is 16.2. The number of rotatable bonds is 7. The van der Waals surface area contributed by atoms with E-state index in [0.717, 1.165) is 54.7 Å². The molecular weight excluding hydrogens is 376 g/mol. The smallest absolute Gasteiger partial charge is 0.226 e. The molecule has 1 atom stereocenters. The Balaban J connectivity index is 1.47. The predicted octanol–water partition coefficient (Wildman–Crippen LogP) is 4.72. The molecule has 2 aromatic rings. The maximum atomic E-state index is 13.3. The average molecular weight is 407 g/mol. The molecule has 158 valence electrons. The number of carbonyl (C=O) groups is 1. The van der Waals surface area contributed by atoms with Gasteiger partial charge in [-0.3, -0.25) is 4.79 Å². The fourth-order valence-corrected chi connectivity index (χ4v) is 4.48. The number of aryl methyl sites for hydroxylation is 1. The van der Waals surface area contributed by atoms with Gasteiger partial charge in [0, 0.05) is 24.4 Å². The Bertz CT molecular complexity index is 918. The Morgan fingerprint density at radius 1 is 1.17 bits per heavy atom. The minimum atomic E-state index is -0.115. The van der Waals surface area contributed by atoms with Crippen LogP contribution < -0.4 is 4.74 Å². The summed E-state index contributed by atoms with van der Waals surface area (Å²) in [5.41, 5.74) is 4.35. The number of hydrogen-bond acceptors (Lipinski definition) is 4. The molecule has 1 aliphatic carbocycles. The number of methoxy groups -OCH3 is 1. The zero-order chi connectivity index (χ0) is 20.9. The van der Waals surface area contributed by atoms with Gasteiger partial charge in [-0.2, -0.15) is 0 Å². The van der Waals surface area contributed by atoms with E-state index in [1.54, 1.807) is 7.11 Å². The van der Waals surface area contributed by atoms with E-state index >= 15 is 0 Å². The Morgan fingerprint density at radius 3 is 2.73 bits per heavy atom. The topological polar surface area (TPSA) is 51.1 Å². The van der Waals surface area contributed by atoms with E-state index in [9.17, 15) is 4.79 Å². The lowest BCUT2D eigenvalue weighted by molar-refractivity contribution is -0.137. The first-order valence-corrected chi connectivity index (χ1v) is 10.8. The number of nitrogens with zero attached hydrogens (tertiary/aromatic N) is 2. The Labute approximate surface area is 178 Å². The summed E-state index contributed by atoms with van der Waals surface area (Å²) in [6.45, 7) is 3.20. The van der Waals surface area contributed by atoms with Gasteiger partial charge in [0.25, 0.3) is 0 Å². The first-order chi connectivity index (χ1) is 14.6. The van der Waals surface area contributed by atoms with Gasteiger partial charge in [0.15, 0.2) is 6.10 Å².